The van der Waals surface area contributed by atoms with E-state index in [0.29, 0.717) is 0 Å². The van der Waals surface area contributed by atoms with E-state index in [1.807, 2.05) is 0 Å². The quantitative estimate of drug-likeness (QED) is 0.357. The maximum absolute atomic E-state index is 5.91. The average molecular weight is 338 g/mol. The summed E-state index contributed by atoms with van der Waals surface area (Å²) < 4.78 is 0. The van der Waals surface area contributed by atoms with E-state index >= 15 is 0 Å². The molecule has 1 heterocycles. The Hall–Kier alpha value is -0.570. The molecule has 0 saturated carbocycles. The van der Waals surface area contributed by atoms with Gasteiger partial charge in [0.25, 0.3) is 0 Å². The second-order valence-corrected chi connectivity index (χ2v) is 7.51. The van der Waals surface area contributed by atoms with Crippen LogP contribution in [0.5, 0.6) is 0 Å². The van der Waals surface area contributed by atoms with Crippen LogP contribution in [0, 0.1) is 0 Å². The summed E-state index contributed by atoms with van der Waals surface area (Å²) in [5, 5.41) is 0. The minimum Gasteiger partial charge on any atom is -0.357 e. The molecule has 0 amide bonds. The van der Waals surface area contributed by atoms with Gasteiger partial charge in [-0.2, -0.15) is 0 Å². The lowest BCUT2D eigenvalue weighted by Gasteiger charge is -2.19. The van der Waals surface area contributed by atoms with Crippen LogP contribution in [0.25, 0.3) is 0 Å². The summed E-state index contributed by atoms with van der Waals surface area (Å²) in [4.78, 5) is 6.89. The number of amidine groups is 1. The summed E-state index contributed by atoms with van der Waals surface area (Å²) in [5.41, 5.74) is 5.91. The molecule has 0 spiro atoms. The molecule has 1 rings (SSSR count). The normalized spacial score (nSPS) is 17.5. The molecule has 0 aliphatic carbocycles. The molecule has 0 aromatic carbocycles. The lowest BCUT2D eigenvalue weighted by atomic mass is 10.0. The predicted molar refractivity (Wildman–Crippen MR) is 108 cm³/mol. The fourth-order valence-corrected chi connectivity index (χ4v) is 3.68. The molecule has 3 nitrogen and oxygen atoms in total. The number of nitrogens with two attached hydrogens (primary N) is 1. The number of unbranched alkanes of at least 4 members (excludes halogenated alkanes) is 13. The highest BCUT2D eigenvalue weighted by atomic mass is 15.3. The van der Waals surface area contributed by atoms with Crippen molar-refractivity contribution in [2.75, 3.05) is 13.1 Å². The minimum atomic E-state index is 0.0200. The Morgan fingerprint density at radius 3 is 1.71 bits per heavy atom. The van der Waals surface area contributed by atoms with Gasteiger partial charge in [-0.05, 0) is 6.42 Å². The van der Waals surface area contributed by atoms with Gasteiger partial charge in [-0.3, -0.25) is 4.99 Å². The van der Waals surface area contributed by atoms with Crippen molar-refractivity contribution in [3.8, 4) is 0 Å². The molecule has 0 bridgehead atoms. The molecule has 0 saturated heterocycles. The minimum absolute atomic E-state index is 0.0200. The van der Waals surface area contributed by atoms with Crippen LogP contribution in [-0.4, -0.2) is 30.0 Å². The molecule has 1 aliphatic rings. The third-order valence-electron chi connectivity index (χ3n) is 5.19. The molecule has 0 fully saturated rings. The molecule has 1 aliphatic heterocycles. The predicted octanol–water partition coefficient (Wildman–Crippen LogP) is 5.88. The van der Waals surface area contributed by atoms with Crippen LogP contribution in [0.3, 0.4) is 0 Å². The molecule has 0 aromatic rings. The zero-order chi connectivity index (χ0) is 17.5. The van der Waals surface area contributed by atoms with Crippen molar-refractivity contribution in [1.29, 1.82) is 0 Å². The van der Waals surface area contributed by atoms with Crippen molar-refractivity contribution in [3.63, 3.8) is 0 Å². The first-order valence-electron chi connectivity index (χ1n) is 10.8. The van der Waals surface area contributed by atoms with Gasteiger partial charge in [0.2, 0.25) is 0 Å². The first-order valence-corrected chi connectivity index (χ1v) is 10.8. The van der Waals surface area contributed by atoms with Gasteiger partial charge in [0, 0.05) is 13.0 Å². The van der Waals surface area contributed by atoms with Crippen molar-refractivity contribution in [3.05, 3.63) is 0 Å². The van der Waals surface area contributed by atoms with Gasteiger partial charge in [0.15, 0.2) is 0 Å². The van der Waals surface area contributed by atoms with Crippen LogP contribution in [-0.2, 0) is 0 Å². The summed E-state index contributed by atoms with van der Waals surface area (Å²) in [6.45, 7) is 6.55. The van der Waals surface area contributed by atoms with Crippen LogP contribution in [0.4, 0.5) is 0 Å². The van der Waals surface area contributed by atoms with Crippen molar-refractivity contribution >= 4 is 5.84 Å². The number of rotatable bonds is 16. The Morgan fingerprint density at radius 1 is 0.792 bits per heavy atom. The van der Waals surface area contributed by atoms with Crippen LogP contribution in [0.1, 0.15) is 110 Å². The first-order chi connectivity index (χ1) is 11.8. The van der Waals surface area contributed by atoms with Gasteiger partial charge >= 0.3 is 0 Å². The molecule has 0 radical (unpaired) electrons. The van der Waals surface area contributed by atoms with E-state index in [0.717, 1.165) is 19.5 Å². The zero-order valence-corrected chi connectivity index (χ0v) is 16.6. The Balaban J connectivity index is 1.79. The second kappa shape index (κ2) is 14.7. The van der Waals surface area contributed by atoms with E-state index in [2.05, 4.69) is 23.7 Å². The Labute approximate surface area is 151 Å². The van der Waals surface area contributed by atoms with Crippen molar-refractivity contribution in [2.24, 2.45) is 10.7 Å². The van der Waals surface area contributed by atoms with E-state index in [4.69, 9.17) is 5.73 Å². The lowest BCUT2D eigenvalue weighted by Crippen LogP contribution is -2.32. The highest BCUT2D eigenvalue weighted by Gasteiger charge is 2.19. The number of hydrogen-bond acceptors (Lipinski definition) is 3. The van der Waals surface area contributed by atoms with Crippen molar-refractivity contribution in [2.45, 2.75) is 116 Å². The third-order valence-corrected chi connectivity index (χ3v) is 5.19. The summed E-state index contributed by atoms with van der Waals surface area (Å²) in [6.07, 6.45) is 20.9. The molecule has 0 aromatic heterocycles. The Morgan fingerprint density at radius 2 is 1.25 bits per heavy atom. The van der Waals surface area contributed by atoms with Gasteiger partial charge < -0.3 is 10.6 Å². The largest absolute Gasteiger partial charge is 0.357 e. The van der Waals surface area contributed by atoms with Gasteiger partial charge in [-0.1, -0.05) is 97.3 Å². The summed E-state index contributed by atoms with van der Waals surface area (Å²) in [7, 11) is 0. The fraction of sp³-hybridized carbons (Fsp3) is 0.952. The topological polar surface area (TPSA) is 41.6 Å². The molecule has 2 N–H and O–H groups in total. The first kappa shape index (κ1) is 21.5. The fourth-order valence-electron chi connectivity index (χ4n) is 3.68. The Bertz CT molecular complexity index is 314. The summed E-state index contributed by atoms with van der Waals surface area (Å²) in [6, 6.07) is 0. The van der Waals surface area contributed by atoms with Crippen molar-refractivity contribution in [1.82, 2.24) is 4.90 Å². The van der Waals surface area contributed by atoms with E-state index < -0.39 is 0 Å². The van der Waals surface area contributed by atoms with Crippen molar-refractivity contribution < 1.29 is 0 Å². The zero-order valence-electron chi connectivity index (χ0n) is 16.6. The van der Waals surface area contributed by atoms with Crippen LogP contribution >= 0.6 is 0 Å². The number of hydrogen-bond donors (Lipinski definition) is 1. The van der Waals surface area contributed by atoms with Crippen LogP contribution in [0.15, 0.2) is 4.99 Å². The molecule has 1 atom stereocenters. The van der Waals surface area contributed by atoms with E-state index in [1.165, 1.54) is 95.7 Å². The van der Waals surface area contributed by atoms with E-state index in [9.17, 15) is 0 Å². The Kier molecular flexibility index (Phi) is 13.2. The van der Waals surface area contributed by atoms with Gasteiger partial charge in [0.05, 0.1) is 6.54 Å². The molecule has 142 valence electrons. The smallest absolute Gasteiger partial charge is 0.117 e. The molecule has 1 unspecified atom stereocenters. The maximum atomic E-state index is 5.91. The van der Waals surface area contributed by atoms with Gasteiger partial charge in [-0.25, -0.2) is 0 Å². The maximum Gasteiger partial charge on any atom is 0.117 e. The highest BCUT2D eigenvalue weighted by Crippen LogP contribution is 2.14. The van der Waals surface area contributed by atoms with Gasteiger partial charge in [-0.15, -0.1) is 0 Å². The molecule has 3 heteroatoms. The SMILES string of the molecule is CCCCCCCCCCCCCCCCN1CC(N)N=C1CC. The van der Waals surface area contributed by atoms with Gasteiger partial charge in [0.1, 0.15) is 12.0 Å². The standard InChI is InChI=1S/C21H43N3/c1-3-5-6-7-8-9-10-11-12-13-14-15-16-17-18-24-19-20(22)23-21(24)4-2/h20H,3-19,22H2,1-2H3. The second-order valence-electron chi connectivity index (χ2n) is 7.51. The van der Waals surface area contributed by atoms with E-state index in [1.54, 1.807) is 0 Å². The highest BCUT2D eigenvalue weighted by molar-refractivity contribution is 5.83. The summed E-state index contributed by atoms with van der Waals surface area (Å²) in [5.74, 6) is 1.22. The van der Waals surface area contributed by atoms with E-state index in [-0.39, 0.29) is 6.17 Å². The summed E-state index contributed by atoms with van der Waals surface area (Å²) >= 11 is 0. The number of nitrogens with zero attached hydrogens (tertiary/aromatic N) is 2. The molecular formula is C21H43N3. The monoisotopic (exact) mass is 337 g/mol. The van der Waals surface area contributed by atoms with Crippen LogP contribution in [0.2, 0.25) is 0 Å². The van der Waals surface area contributed by atoms with Crippen LogP contribution < -0.4 is 5.73 Å². The third kappa shape index (κ3) is 10.3. The number of aliphatic imine (C=N–C) groups is 1. The average Bonchev–Trinajstić information content (AvgIpc) is 2.95. The molecular weight excluding hydrogens is 294 g/mol. The molecule has 24 heavy (non-hydrogen) atoms. The lowest BCUT2D eigenvalue weighted by molar-refractivity contribution is 0.402.